The van der Waals surface area contributed by atoms with Gasteiger partial charge < -0.3 is 25.3 Å². The fourth-order valence-electron chi connectivity index (χ4n) is 1.52. The first-order valence-corrected chi connectivity index (χ1v) is 5.50. The molecule has 1 aromatic rings. The molecule has 1 rings (SSSR count). The van der Waals surface area contributed by atoms with E-state index >= 15 is 0 Å². The lowest BCUT2D eigenvalue weighted by Gasteiger charge is -2.14. The maximum absolute atomic E-state index is 5.44. The van der Waals surface area contributed by atoms with Crippen LogP contribution in [0, 0.1) is 0 Å². The van der Waals surface area contributed by atoms with Gasteiger partial charge in [0.2, 0.25) is 5.75 Å². The van der Waals surface area contributed by atoms with Crippen molar-refractivity contribution in [2.24, 2.45) is 5.73 Å². The molecule has 0 atom stereocenters. The number of anilines is 1. The van der Waals surface area contributed by atoms with Gasteiger partial charge >= 0.3 is 0 Å². The first-order chi connectivity index (χ1) is 8.26. The second-order valence-electron chi connectivity index (χ2n) is 3.48. The van der Waals surface area contributed by atoms with Gasteiger partial charge in [0, 0.05) is 24.4 Å². The van der Waals surface area contributed by atoms with E-state index in [9.17, 15) is 0 Å². The fourth-order valence-corrected chi connectivity index (χ4v) is 1.52. The van der Waals surface area contributed by atoms with Gasteiger partial charge in [0.1, 0.15) is 0 Å². The smallest absolute Gasteiger partial charge is 0.203 e. The van der Waals surface area contributed by atoms with Crippen LogP contribution in [0.3, 0.4) is 0 Å². The normalized spacial score (nSPS) is 9.88. The van der Waals surface area contributed by atoms with Gasteiger partial charge in [-0.3, -0.25) is 0 Å². The zero-order valence-corrected chi connectivity index (χ0v) is 10.6. The SMILES string of the molecule is COc1cc(NCCCN)cc(OC)c1OC. The van der Waals surface area contributed by atoms with E-state index in [0.717, 1.165) is 18.7 Å². The quantitative estimate of drug-likeness (QED) is 0.707. The Labute approximate surface area is 102 Å². The van der Waals surface area contributed by atoms with Gasteiger partial charge in [-0.25, -0.2) is 0 Å². The number of rotatable bonds is 7. The molecule has 0 fully saturated rings. The van der Waals surface area contributed by atoms with E-state index in [2.05, 4.69) is 5.32 Å². The van der Waals surface area contributed by atoms with Crippen molar-refractivity contribution in [1.82, 2.24) is 0 Å². The molecule has 0 amide bonds. The lowest BCUT2D eigenvalue weighted by Crippen LogP contribution is -2.08. The Balaban J connectivity index is 2.92. The molecular weight excluding hydrogens is 220 g/mol. The van der Waals surface area contributed by atoms with Gasteiger partial charge in [-0.15, -0.1) is 0 Å². The van der Waals surface area contributed by atoms with Crippen LogP contribution in [0.25, 0.3) is 0 Å². The van der Waals surface area contributed by atoms with Crippen LogP contribution in [0.5, 0.6) is 17.2 Å². The summed E-state index contributed by atoms with van der Waals surface area (Å²) in [6.45, 7) is 1.48. The van der Waals surface area contributed by atoms with E-state index in [4.69, 9.17) is 19.9 Å². The summed E-state index contributed by atoms with van der Waals surface area (Å²) < 4.78 is 15.8. The summed E-state index contributed by atoms with van der Waals surface area (Å²) in [4.78, 5) is 0. The van der Waals surface area contributed by atoms with E-state index in [-0.39, 0.29) is 0 Å². The van der Waals surface area contributed by atoms with Crippen LogP contribution < -0.4 is 25.3 Å². The summed E-state index contributed by atoms with van der Waals surface area (Å²) >= 11 is 0. The number of hydrogen-bond donors (Lipinski definition) is 2. The van der Waals surface area contributed by atoms with Crippen molar-refractivity contribution in [3.8, 4) is 17.2 Å². The van der Waals surface area contributed by atoms with Gasteiger partial charge in [0.15, 0.2) is 11.5 Å². The number of methoxy groups -OCH3 is 3. The van der Waals surface area contributed by atoms with Crippen molar-refractivity contribution in [3.05, 3.63) is 12.1 Å². The summed E-state index contributed by atoms with van der Waals surface area (Å²) in [5, 5.41) is 3.25. The predicted octanol–water partition coefficient (Wildman–Crippen LogP) is 1.47. The standard InChI is InChI=1S/C12H20N2O3/c1-15-10-7-9(14-6-4-5-13)8-11(16-2)12(10)17-3/h7-8,14H,4-6,13H2,1-3H3. The zero-order chi connectivity index (χ0) is 12.7. The zero-order valence-electron chi connectivity index (χ0n) is 10.6. The Morgan fingerprint density at radius 1 is 1.06 bits per heavy atom. The highest BCUT2D eigenvalue weighted by Crippen LogP contribution is 2.39. The lowest BCUT2D eigenvalue weighted by atomic mass is 10.2. The Bertz CT molecular complexity index is 331. The van der Waals surface area contributed by atoms with Crippen LogP contribution in [0.2, 0.25) is 0 Å². The van der Waals surface area contributed by atoms with Crippen molar-refractivity contribution in [1.29, 1.82) is 0 Å². The molecule has 0 aliphatic heterocycles. The van der Waals surface area contributed by atoms with Gasteiger partial charge in [0.25, 0.3) is 0 Å². The molecule has 0 radical (unpaired) electrons. The average molecular weight is 240 g/mol. The Morgan fingerprint density at radius 2 is 1.65 bits per heavy atom. The minimum Gasteiger partial charge on any atom is -0.493 e. The molecule has 1 aromatic carbocycles. The second kappa shape index (κ2) is 6.85. The van der Waals surface area contributed by atoms with Crippen LogP contribution in [0.4, 0.5) is 5.69 Å². The molecule has 17 heavy (non-hydrogen) atoms. The molecule has 0 bridgehead atoms. The monoisotopic (exact) mass is 240 g/mol. The molecule has 0 heterocycles. The maximum atomic E-state index is 5.44. The molecular formula is C12H20N2O3. The minimum absolute atomic E-state index is 0.597. The van der Waals surface area contributed by atoms with E-state index < -0.39 is 0 Å². The number of hydrogen-bond acceptors (Lipinski definition) is 5. The van der Waals surface area contributed by atoms with Crippen LogP contribution in [-0.4, -0.2) is 34.4 Å². The van der Waals surface area contributed by atoms with Crippen LogP contribution in [-0.2, 0) is 0 Å². The number of ether oxygens (including phenoxy) is 3. The first-order valence-electron chi connectivity index (χ1n) is 5.50. The molecule has 0 aromatic heterocycles. The summed E-state index contributed by atoms with van der Waals surface area (Å²) in [5.74, 6) is 1.88. The molecule has 0 saturated carbocycles. The van der Waals surface area contributed by atoms with Crippen LogP contribution in [0.1, 0.15) is 6.42 Å². The van der Waals surface area contributed by atoms with Crippen molar-refractivity contribution in [2.75, 3.05) is 39.7 Å². The molecule has 5 heteroatoms. The van der Waals surface area contributed by atoms with Gasteiger partial charge in [-0.1, -0.05) is 0 Å². The molecule has 0 spiro atoms. The van der Waals surface area contributed by atoms with Crippen molar-refractivity contribution >= 4 is 5.69 Å². The topological polar surface area (TPSA) is 65.7 Å². The molecule has 0 saturated heterocycles. The lowest BCUT2D eigenvalue weighted by molar-refractivity contribution is 0.324. The van der Waals surface area contributed by atoms with Crippen LogP contribution >= 0.6 is 0 Å². The van der Waals surface area contributed by atoms with E-state index in [1.165, 1.54) is 0 Å². The molecule has 5 nitrogen and oxygen atoms in total. The summed E-state index contributed by atoms with van der Waals surface area (Å²) in [6, 6.07) is 3.75. The highest BCUT2D eigenvalue weighted by Gasteiger charge is 2.12. The molecule has 3 N–H and O–H groups in total. The largest absolute Gasteiger partial charge is 0.493 e. The molecule has 0 aliphatic carbocycles. The number of nitrogens with two attached hydrogens (primary N) is 1. The van der Waals surface area contributed by atoms with Crippen LogP contribution in [0.15, 0.2) is 12.1 Å². The summed E-state index contributed by atoms with van der Waals surface area (Å²) in [6.07, 6.45) is 0.913. The summed E-state index contributed by atoms with van der Waals surface area (Å²) in [5.41, 5.74) is 6.37. The average Bonchev–Trinajstić information content (AvgIpc) is 2.37. The third-order valence-corrected chi connectivity index (χ3v) is 2.37. The number of nitrogens with one attached hydrogen (secondary N) is 1. The van der Waals surface area contributed by atoms with Crippen molar-refractivity contribution in [2.45, 2.75) is 6.42 Å². The fraction of sp³-hybridized carbons (Fsp3) is 0.500. The predicted molar refractivity (Wildman–Crippen MR) is 68.3 cm³/mol. The summed E-state index contributed by atoms with van der Waals surface area (Å²) in [7, 11) is 4.78. The van der Waals surface area contributed by atoms with E-state index in [0.29, 0.717) is 23.8 Å². The van der Waals surface area contributed by atoms with E-state index in [1.54, 1.807) is 21.3 Å². The minimum atomic E-state index is 0.597. The Hall–Kier alpha value is -1.62. The molecule has 96 valence electrons. The molecule has 0 unspecified atom stereocenters. The maximum Gasteiger partial charge on any atom is 0.203 e. The van der Waals surface area contributed by atoms with Gasteiger partial charge in [-0.2, -0.15) is 0 Å². The highest BCUT2D eigenvalue weighted by molar-refractivity contribution is 5.62. The third-order valence-electron chi connectivity index (χ3n) is 2.37. The van der Waals surface area contributed by atoms with Crippen molar-refractivity contribution < 1.29 is 14.2 Å². The van der Waals surface area contributed by atoms with E-state index in [1.807, 2.05) is 12.1 Å². The third kappa shape index (κ3) is 3.42. The second-order valence-corrected chi connectivity index (χ2v) is 3.48. The Morgan fingerprint density at radius 3 is 2.06 bits per heavy atom. The number of benzene rings is 1. The van der Waals surface area contributed by atoms with Gasteiger partial charge in [0.05, 0.1) is 21.3 Å². The van der Waals surface area contributed by atoms with Gasteiger partial charge in [-0.05, 0) is 13.0 Å². The molecule has 0 aliphatic rings. The van der Waals surface area contributed by atoms with Crippen molar-refractivity contribution in [3.63, 3.8) is 0 Å². The first kappa shape index (κ1) is 13.4. The highest BCUT2D eigenvalue weighted by atomic mass is 16.5. The Kier molecular flexibility index (Phi) is 5.42.